The molecule has 4 nitrogen and oxygen atoms in total. The topological polar surface area (TPSA) is 59.4 Å². The SMILES string of the molecule is CCOC(=O)C1C(=N)Oc2c(sc3ccccc23)C1c1ccccc1. The van der Waals surface area contributed by atoms with E-state index in [4.69, 9.17) is 14.9 Å². The Morgan fingerprint density at radius 2 is 1.88 bits per heavy atom. The lowest BCUT2D eigenvalue weighted by atomic mass is 9.82. The molecule has 2 heterocycles. The highest BCUT2D eigenvalue weighted by Gasteiger charge is 2.44. The summed E-state index contributed by atoms with van der Waals surface area (Å²) in [5, 5.41) is 9.34. The minimum Gasteiger partial charge on any atom is -0.465 e. The van der Waals surface area contributed by atoms with Crippen molar-refractivity contribution in [3.05, 3.63) is 65.0 Å². The van der Waals surface area contributed by atoms with Crippen LogP contribution in [0.25, 0.3) is 10.1 Å². The average molecular weight is 351 g/mol. The Hall–Kier alpha value is -2.66. The number of nitrogens with one attached hydrogen (secondary N) is 1. The minimum atomic E-state index is -0.761. The van der Waals surface area contributed by atoms with Crippen LogP contribution in [0.15, 0.2) is 54.6 Å². The Morgan fingerprint density at radius 1 is 1.16 bits per heavy atom. The molecule has 0 aliphatic carbocycles. The molecule has 3 aromatic rings. The second-order valence-corrected chi connectivity index (χ2v) is 6.96. The number of carbonyl (C=O) groups excluding carboxylic acids is 1. The van der Waals surface area contributed by atoms with E-state index in [1.807, 2.05) is 54.6 Å². The van der Waals surface area contributed by atoms with E-state index in [0.717, 1.165) is 20.5 Å². The fourth-order valence-electron chi connectivity index (χ4n) is 3.31. The van der Waals surface area contributed by atoms with Gasteiger partial charge in [-0.05, 0) is 24.6 Å². The Bertz CT molecular complexity index is 948. The first-order valence-electron chi connectivity index (χ1n) is 8.20. The summed E-state index contributed by atoms with van der Waals surface area (Å²) in [6.45, 7) is 2.05. The first kappa shape index (κ1) is 15.8. The smallest absolute Gasteiger partial charge is 0.319 e. The Morgan fingerprint density at radius 3 is 2.64 bits per heavy atom. The molecule has 0 amide bonds. The molecule has 0 spiro atoms. The Balaban J connectivity index is 1.93. The summed E-state index contributed by atoms with van der Waals surface area (Å²) in [5.41, 5.74) is 0.987. The number of carbonyl (C=O) groups is 1. The third kappa shape index (κ3) is 2.61. The average Bonchev–Trinajstić information content (AvgIpc) is 2.99. The van der Waals surface area contributed by atoms with Crippen molar-refractivity contribution >= 4 is 33.3 Å². The summed E-state index contributed by atoms with van der Waals surface area (Å²) in [6, 6.07) is 17.8. The zero-order valence-corrected chi connectivity index (χ0v) is 14.5. The van der Waals surface area contributed by atoms with Crippen LogP contribution in [0.2, 0.25) is 0 Å². The highest BCUT2D eigenvalue weighted by atomic mass is 32.1. The quantitative estimate of drug-likeness (QED) is 0.703. The summed E-state index contributed by atoms with van der Waals surface area (Å²) >= 11 is 1.61. The summed E-state index contributed by atoms with van der Waals surface area (Å²) in [5.74, 6) is -0.801. The van der Waals surface area contributed by atoms with Crippen molar-refractivity contribution in [2.75, 3.05) is 6.61 Å². The number of hydrogen-bond donors (Lipinski definition) is 1. The van der Waals surface area contributed by atoms with Gasteiger partial charge in [0.2, 0.25) is 5.90 Å². The van der Waals surface area contributed by atoms with Crippen LogP contribution in [0.5, 0.6) is 5.75 Å². The number of rotatable bonds is 3. The van der Waals surface area contributed by atoms with E-state index >= 15 is 0 Å². The van der Waals surface area contributed by atoms with E-state index in [2.05, 4.69) is 0 Å². The van der Waals surface area contributed by atoms with Gasteiger partial charge >= 0.3 is 5.97 Å². The molecule has 4 rings (SSSR count). The molecule has 2 atom stereocenters. The molecular formula is C20H17NO3S. The Labute approximate surface area is 149 Å². The number of esters is 1. The fourth-order valence-corrected chi connectivity index (χ4v) is 4.60. The highest BCUT2D eigenvalue weighted by Crippen LogP contribution is 2.50. The minimum absolute atomic E-state index is 0.0524. The molecule has 2 aromatic carbocycles. The molecule has 0 fully saturated rings. The lowest BCUT2D eigenvalue weighted by molar-refractivity contribution is -0.146. The zero-order valence-electron chi connectivity index (χ0n) is 13.7. The number of fused-ring (bicyclic) bond motifs is 3. The molecular weight excluding hydrogens is 334 g/mol. The van der Waals surface area contributed by atoms with E-state index < -0.39 is 11.9 Å². The zero-order chi connectivity index (χ0) is 17.4. The maximum Gasteiger partial charge on any atom is 0.319 e. The lowest BCUT2D eigenvalue weighted by Crippen LogP contribution is -2.37. The van der Waals surface area contributed by atoms with Gasteiger partial charge in [0.15, 0.2) is 5.75 Å². The predicted octanol–water partition coefficient (Wildman–Crippen LogP) is 4.58. The standard InChI is InChI=1S/C20H17NO3S/c1-2-23-20(22)16-15(12-8-4-3-5-9-12)18-17(24-19(16)21)13-10-6-7-11-14(13)25-18/h3-11,15-16,21H,2H2,1H3. The van der Waals surface area contributed by atoms with Gasteiger partial charge in [-0.2, -0.15) is 0 Å². The third-order valence-corrected chi connectivity index (χ3v) is 5.62. The normalized spacial score (nSPS) is 19.3. The van der Waals surface area contributed by atoms with E-state index in [0.29, 0.717) is 5.75 Å². The summed E-state index contributed by atoms with van der Waals surface area (Å²) in [4.78, 5) is 13.6. The van der Waals surface area contributed by atoms with Crippen LogP contribution in [0.4, 0.5) is 0 Å². The van der Waals surface area contributed by atoms with E-state index in [9.17, 15) is 4.79 Å². The van der Waals surface area contributed by atoms with Gasteiger partial charge in [-0.25, -0.2) is 0 Å². The summed E-state index contributed by atoms with van der Waals surface area (Å²) in [6.07, 6.45) is 0. The van der Waals surface area contributed by atoms with Gasteiger partial charge in [0.25, 0.3) is 0 Å². The lowest BCUT2D eigenvalue weighted by Gasteiger charge is -2.30. The highest BCUT2D eigenvalue weighted by molar-refractivity contribution is 7.19. The van der Waals surface area contributed by atoms with Crippen molar-refractivity contribution in [2.24, 2.45) is 5.92 Å². The molecule has 25 heavy (non-hydrogen) atoms. The molecule has 2 unspecified atom stereocenters. The van der Waals surface area contributed by atoms with Gasteiger partial charge in [0.1, 0.15) is 5.92 Å². The molecule has 1 N–H and O–H groups in total. The molecule has 0 saturated heterocycles. The van der Waals surface area contributed by atoms with Gasteiger partial charge in [0.05, 0.1) is 11.5 Å². The van der Waals surface area contributed by atoms with Crippen molar-refractivity contribution in [3.8, 4) is 5.75 Å². The van der Waals surface area contributed by atoms with Crippen LogP contribution in [0, 0.1) is 11.3 Å². The second kappa shape index (κ2) is 6.33. The van der Waals surface area contributed by atoms with Crippen LogP contribution >= 0.6 is 11.3 Å². The van der Waals surface area contributed by atoms with Crippen LogP contribution < -0.4 is 4.74 Å². The molecule has 5 heteroatoms. The Kier molecular flexibility index (Phi) is 4.01. The van der Waals surface area contributed by atoms with Gasteiger partial charge in [-0.3, -0.25) is 10.2 Å². The third-order valence-electron chi connectivity index (χ3n) is 4.38. The molecule has 1 aromatic heterocycles. The van der Waals surface area contributed by atoms with E-state index in [1.165, 1.54) is 0 Å². The van der Waals surface area contributed by atoms with Crippen molar-refractivity contribution in [1.82, 2.24) is 0 Å². The second-order valence-electron chi connectivity index (χ2n) is 5.88. The predicted molar refractivity (Wildman–Crippen MR) is 98.6 cm³/mol. The van der Waals surface area contributed by atoms with Gasteiger partial charge < -0.3 is 9.47 Å². The van der Waals surface area contributed by atoms with Gasteiger partial charge in [0, 0.05) is 16.0 Å². The summed E-state index contributed by atoms with van der Waals surface area (Å²) in [7, 11) is 0. The molecule has 1 aliphatic rings. The molecule has 1 aliphatic heterocycles. The van der Waals surface area contributed by atoms with Crippen LogP contribution in [-0.4, -0.2) is 18.5 Å². The molecule has 126 valence electrons. The maximum atomic E-state index is 12.6. The van der Waals surface area contributed by atoms with Crippen LogP contribution in [-0.2, 0) is 9.53 Å². The first-order chi connectivity index (χ1) is 12.2. The van der Waals surface area contributed by atoms with Crippen LogP contribution in [0.3, 0.4) is 0 Å². The van der Waals surface area contributed by atoms with Gasteiger partial charge in [-0.1, -0.05) is 42.5 Å². The molecule has 0 bridgehead atoms. The van der Waals surface area contributed by atoms with E-state index in [1.54, 1.807) is 18.3 Å². The van der Waals surface area contributed by atoms with Crippen molar-refractivity contribution < 1.29 is 14.3 Å². The largest absolute Gasteiger partial charge is 0.465 e. The monoisotopic (exact) mass is 351 g/mol. The molecule has 0 radical (unpaired) electrons. The number of ether oxygens (including phenoxy) is 2. The van der Waals surface area contributed by atoms with Crippen molar-refractivity contribution in [3.63, 3.8) is 0 Å². The maximum absolute atomic E-state index is 12.6. The number of hydrogen-bond acceptors (Lipinski definition) is 5. The number of benzene rings is 2. The van der Waals surface area contributed by atoms with Crippen molar-refractivity contribution in [2.45, 2.75) is 12.8 Å². The van der Waals surface area contributed by atoms with Crippen LogP contribution in [0.1, 0.15) is 23.3 Å². The first-order valence-corrected chi connectivity index (χ1v) is 9.01. The molecule has 0 saturated carbocycles. The van der Waals surface area contributed by atoms with Gasteiger partial charge in [-0.15, -0.1) is 11.3 Å². The fraction of sp³-hybridized carbons (Fsp3) is 0.200. The van der Waals surface area contributed by atoms with Crippen molar-refractivity contribution in [1.29, 1.82) is 5.41 Å². The number of thiophene rings is 1. The summed E-state index contributed by atoms with van der Waals surface area (Å²) < 4.78 is 12.1. The van der Waals surface area contributed by atoms with E-state index in [-0.39, 0.29) is 18.4 Å².